The summed E-state index contributed by atoms with van der Waals surface area (Å²) < 4.78 is 81.5. The standard InChI is InChI=1S/C28H27F5O3/c1-2-3-4-5-19-16-34-27(35-17-19)22-11-12-23-21(15-22)10-9-20(26(23)30)8-6-18-7-13-25(24(29)14-18)36-28(31,32)33/h2-3,7,9-15,19,27H,4-6,8,16-17H2,1H3/b3-2+. The number of alkyl halides is 3. The Labute approximate surface area is 206 Å². The zero-order valence-corrected chi connectivity index (χ0v) is 19.8. The number of halogens is 5. The van der Waals surface area contributed by atoms with Crippen LogP contribution in [0.3, 0.4) is 0 Å². The van der Waals surface area contributed by atoms with Crippen molar-refractivity contribution in [1.82, 2.24) is 0 Å². The van der Waals surface area contributed by atoms with Gasteiger partial charge in [-0.2, -0.15) is 0 Å². The first-order valence-corrected chi connectivity index (χ1v) is 11.8. The second-order valence-corrected chi connectivity index (χ2v) is 8.84. The van der Waals surface area contributed by atoms with Gasteiger partial charge in [0.25, 0.3) is 0 Å². The van der Waals surface area contributed by atoms with Crippen LogP contribution < -0.4 is 4.74 Å². The van der Waals surface area contributed by atoms with Crippen molar-refractivity contribution in [2.75, 3.05) is 13.2 Å². The van der Waals surface area contributed by atoms with Gasteiger partial charge in [-0.05, 0) is 67.3 Å². The van der Waals surface area contributed by atoms with Crippen molar-refractivity contribution in [3.63, 3.8) is 0 Å². The van der Waals surface area contributed by atoms with Crippen molar-refractivity contribution in [1.29, 1.82) is 0 Å². The molecule has 1 heterocycles. The maximum Gasteiger partial charge on any atom is 0.573 e. The molecule has 3 aromatic carbocycles. The molecule has 0 atom stereocenters. The lowest BCUT2D eigenvalue weighted by Crippen LogP contribution is -2.27. The van der Waals surface area contributed by atoms with E-state index in [1.807, 2.05) is 19.1 Å². The third kappa shape index (κ3) is 6.62. The zero-order chi connectivity index (χ0) is 25.7. The van der Waals surface area contributed by atoms with Crippen molar-refractivity contribution < 1.29 is 36.2 Å². The van der Waals surface area contributed by atoms with E-state index in [0.717, 1.165) is 30.5 Å². The number of benzene rings is 3. The number of hydrogen-bond donors (Lipinski definition) is 0. The van der Waals surface area contributed by atoms with Crippen molar-refractivity contribution in [3.05, 3.63) is 89.0 Å². The van der Waals surface area contributed by atoms with Crippen molar-refractivity contribution in [3.8, 4) is 5.75 Å². The highest BCUT2D eigenvalue weighted by molar-refractivity contribution is 5.84. The Bertz CT molecular complexity index is 1210. The normalized spacial score (nSPS) is 18.7. The van der Waals surface area contributed by atoms with Gasteiger partial charge in [-0.1, -0.05) is 42.5 Å². The quantitative estimate of drug-likeness (QED) is 0.230. The van der Waals surface area contributed by atoms with E-state index >= 15 is 4.39 Å². The molecule has 0 aromatic heterocycles. The lowest BCUT2D eigenvalue weighted by molar-refractivity contribution is -0.275. The smallest absolute Gasteiger partial charge is 0.403 e. The summed E-state index contributed by atoms with van der Waals surface area (Å²) in [7, 11) is 0. The Hall–Kier alpha value is -2.97. The van der Waals surface area contributed by atoms with Crippen LogP contribution >= 0.6 is 0 Å². The number of hydrogen-bond acceptors (Lipinski definition) is 3. The van der Waals surface area contributed by atoms with Gasteiger partial charge in [0, 0.05) is 16.9 Å². The van der Waals surface area contributed by atoms with Crippen LogP contribution in [0, 0.1) is 17.6 Å². The molecule has 1 aliphatic rings. The summed E-state index contributed by atoms with van der Waals surface area (Å²) in [6, 6.07) is 12.0. The summed E-state index contributed by atoms with van der Waals surface area (Å²) in [4.78, 5) is 0. The fourth-order valence-electron chi connectivity index (χ4n) is 4.28. The van der Waals surface area contributed by atoms with E-state index in [4.69, 9.17) is 9.47 Å². The van der Waals surface area contributed by atoms with Crippen LogP contribution in [0.1, 0.15) is 42.7 Å². The summed E-state index contributed by atoms with van der Waals surface area (Å²) in [5.41, 5.74) is 1.69. The zero-order valence-electron chi connectivity index (χ0n) is 19.8. The molecule has 1 fully saturated rings. The Morgan fingerprint density at radius 3 is 2.44 bits per heavy atom. The molecule has 0 saturated carbocycles. The van der Waals surface area contributed by atoms with Crippen LogP contribution in [0.5, 0.6) is 5.75 Å². The molecule has 0 aliphatic carbocycles. The largest absolute Gasteiger partial charge is 0.573 e. The van der Waals surface area contributed by atoms with Gasteiger partial charge in [0.05, 0.1) is 13.2 Å². The molecular formula is C28H27F5O3. The fourth-order valence-corrected chi connectivity index (χ4v) is 4.28. The molecule has 3 aromatic rings. The number of rotatable bonds is 8. The molecule has 1 aliphatic heterocycles. The molecule has 8 heteroatoms. The van der Waals surface area contributed by atoms with Crippen LogP contribution in [0.15, 0.2) is 60.7 Å². The summed E-state index contributed by atoms with van der Waals surface area (Å²) in [5, 5.41) is 1.15. The predicted molar refractivity (Wildman–Crippen MR) is 127 cm³/mol. The van der Waals surface area contributed by atoms with Gasteiger partial charge in [0.15, 0.2) is 17.9 Å². The average molecular weight is 507 g/mol. The molecule has 36 heavy (non-hydrogen) atoms. The van der Waals surface area contributed by atoms with Crippen LogP contribution in [0.2, 0.25) is 0 Å². The lowest BCUT2D eigenvalue weighted by Gasteiger charge is -2.29. The number of ether oxygens (including phenoxy) is 3. The van der Waals surface area contributed by atoms with Gasteiger partial charge in [0.2, 0.25) is 0 Å². The monoisotopic (exact) mass is 506 g/mol. The average Bonchev–Trinajstić information content (AvgIpc) is 2.85. The van der Waals surface area contributed by atoms with Gasteiger partial charge in [-0.25, -0.2) is 8.78 Å². The highest BCUT2D eigenvalue weighted by Crippen LogP contribution is 2.31. The van der Waals surface area contributed by atoms with E-state index in [2.05, 4.69) is 10.8 Å². The Morgan fingerprint density at radius 2 is 1.75 bits per heavy atom. The van der Waals surface area contributed by atoms with Gasteiger partial charge in [0.1, 0.15) is 5.82 Å². The van der Waals surface area contributed by atoms with E-state index in [-0.39, 0.29) is 18.7 Å². The van der Waals surface area contributed by atoms with Gasteiger partial charge < -0.3 is 14.2 Å². The summed E-state index contributed by atoms with van der Waals surface area (Å²) in [6.07, 6.45) is 1.19. The van der Waals surface area contributed by atoms with E-state index in [9.17, 15) is 17.6 Å². The maximum absolute atomic E-state index is 15.2. The molecule has 3 nitrogen and oxygen atoms in total. The van der Waals surface area contributed by atoms with Gasteiger partial charge in [-0.15, -0.1) is 13.2 Å². The summed E-state index contributed by atoms with van der Waals surface area (Å²) in [6.45, 7) is 3.21. The topological polar surface area (TPSA) is 27.7 Å². The fraction of sp³-hybridized carbons (Fsp3) is 0.357. The van der Waals surface area contributed by atoms with Crippen LogP contribution in [-0.4, -0.2) is 19.6 Å². The molecule has 0 bridgehead atoms. The van der Waals surface area contributed by atoms with Crippen molar-refractivity contribution in [2.45, 2.75) is 45.3 Å². The lowest BCUT2D eigenvalue weighted by atomic mass is 9.98. The maximum atomic E-state index is 15.2. The first-order chi connectivity index (χ1) is 17.2. The highest BCUT2D eigenvalue weighted by Gasteiger charge is 2.32. The van der Waals surface area contributed by atoms with E-state index in [1.165, 1.54) is 6.07 Å². The minimum atomic E-state index is -4.97. The molecule has 4 rings (SSSR count). The van der Waals surface area contributed by atoms with Gasteiger partial charge >= 0.3 is 6.36 Å². The first kappa shape index (κ1) is 26.1. The molecule has 0 N–H and O–H groups in total. The molecule has 0 amide bonds. The molecule has 192 valence electrons. The Balaban J connectivity index is 1.40. The second-order valence-electron chi connectivity index (χ2n) is 8.84. The number of allylic oxidation sites excluding steroid dienone is 2. The van der Waals surface area contributed by atoms with E-state index < -0.39 is 24.2 Å². The van der Waals surface area contributed by atoms with Gasteiger partial charge in [-0.3, -0.25) is 0 Å². The van der Waals surface area contributed by atoms with E-state index in [0.29, 0.717) is 41.0 Å². The molecule has 1 saturated heterocycles. The molecule has 0 radical (unpaired) electrons. The minimum Gasteiger partial charge on any atom is -0.403 e. The highest BCUT2D eigenvalue weighted by atomic mass is 19.4. The molecule has 0 unspecified atom stereocenters. The Kier molecular flexibility index (Phi) is 8.26. The summed E-state index contributed by atoms with van der Waals surface area (Å²) in [5.74, 6) is -2.05. The molecule has 0 spiro atoms. The third-order valence-corrected chi connectivity index (χ3v) is 6.18. The minimum absolute atomic E-state index is 0.253. The second kappa shape index (κ2) is 11.4. The number of fused-ring (bicyclic) bond motifs is 1. The third-order valence-electron chi connectivity index (χ3n) is 6.18. The van der Waals surface area contributed by atoms with Crippen molar-refractivity contribution >= 4 is 10.8 Å². The molecular weight excluding hydrogens is 479 g/mol. The number of aryl methyl sites for hydroxylation is 2. The SMILES string of the molecule is C/C=C/CCC1COC(c2ccc3c(F)c(CCc4ccc(OC(F)(F)F)c(F)c4)ccc3c2)OC1. The summed E-state index contributed by atoms with van der Waals surface area (Å²) >= 11 is 0. The van der Waals surface area contributed by atoms with Crippen LogP contribution in [0.4, 0.5) is 22.0 Å². The predicted octanol–water partition coefficient (Wildman–Crippen LogP) is 7.82. The Morgan fingerprint density at radius 1 is 0.972 bits per heavy atom. The first-order valence-electron chi connectivity index (χ1n) is 11.8. The van der Waals surface area contributed by atoms with E-state index in [1.54, 1.807) is 24.3 Å². The van der Waals surface area contributed by atoms with Crippen LogP contribution in [-0.2, 0) is 22.3 Å². The van der Waals surface area contributed by atoms with Crippen LogP contribution in [0.25, 0.3) is 10.8 Å². The van der Waals surface area contributed by atoms with Crippen molar-refractivity contribution in [2.24, 2.45) is 5.92 Å².